The van der Waals surface area contributed by atoms with E-state index in [1.807, 2.05) is 60.0 Å². The van der Waals surface area contributed by atoms with Gasteiger partial charge in [-0.15, -0.1) is 10.2 Å². The third-order valence-electron chi connectivity index (χ3n) is 4.52. The zero-order valence-corrected chi connectivity index (χ0v) is 17.0. The molecule has 0 bridgehead atoms. The number of hydrogen-bond acceptors (Lipinski definition) is 7. The van der Waals surface area contributed by atoms with Crippen molar-refractivity contribution in [2.75, 3.05) is 20.3 Å². The van der Waals surface area contributed by atoms with E-state index >= 15 is 0 Å². The maximum absolute atomic E-state index is 12.0. The van der Waals surface area contributed by atoms with Gasteiger partial charge < -0.3 is 14.2 Å². The number of carbonyl (C=O) groups excluding carboxylic acids is 1. The van der Waals surface area contributed by atoms with E-state index in [2.05, 4.69) is 10.2 Å². The maximum atomic E-state index is 12.0. The molecule has 1 aliphatic heterocycles. The van der Waals surface area contributed by atoms with Crippen LogP contribution in [0.25, 0.3) is 17.1 Å². The van der Waals surface area contributed by atoms with Gasteiger partial charge in [-0.25, -0.2) is 0 Å². The Morgan fingerprint density at radius 2 is 1.83 bits per heavy atom. The van der Waals surface area contributed by atoms with Gasteiger partial charge in [-0.2, -0.15) is 0 Å². The molecule has 1 atom stereocenters. The van der Waals surface area contributed by atoms with Crippen molar-refractivity contribution in [3.05, 3.63) is 48.5 Å². The molecule has 0 radical (unpaired) electrons. The van der Waals surface area contributed by atoms with E-state index in [0.717, 1.165) is 22.7 Å². The van der Waals surface area contributed by atoms with Gasteiger partial charge >= 0.3 is 5.97 Å². The number of thioether (sulfide) groups is 1. The summed E-state index contributed by atoms with van der Waals surface area (Å²) in [4.78, 5) is 12.0. The highest BCUT2D eigenvalue weighted by Gasteiger charge is 2.30. The predicted octanol–water partition coefficient (Wildman–Crippen LogP) is 3.75. The Kier molecular flexibility index (Phi) is 5.71. The Bertz CT molecular complexity index is 986. The normalized spacial score (nSPS) is 15.9. The zero-order chi connectivity index (χ0) is 20.2. The lowest BCUT2D eigenvalue weighted by molar-refractivity contribution is -0.137. The molecular weight excluding hydrogens is 390 g/mol. The van der Waals surface area contributed by atoms with Gasteiger partial charge in [-0.3, -0.25) is 9.36 Å². The van der Waals surface area contributed by atoms with E-state index in [1.54, 1.807) is 7.11 Å². The molecule has 8 heteroatoms. The van der Waals surface area contributed by atoms with Gasteiger partial charge in [-0.1, -0.05) is 11.8 Å². The lowest BCUT2D eigenvalue weighted by Crippen LogP contribution is -2.11. The second-order valence-corrected chi connectivity index (χ2v) is 7.53. The molecule has 1 saturated heterocycles. The SMILES string of the molecule is CCOc1ccc(-n2c(S[C@H]3CCOC3=O)nnc2-c2ccc(OC)cc2)cc1. The van der Waals surface area contributed by atoms with E-state index in [4.69, 9.17) is 14.2 Å². The van der Waals surface area contributed by atoms with E-state index in [-0.39, 0.29) is 11.2 Å². The van der Waals surface area contributed by atoms with Gasteiger partial charge in [-0.05, 0) is 55.5 Å². The molecule has 0 amide bonds. The van der Waals surface area contributed by atoms with Crippen LogP contribution in [0.5, 0.6) is 11.5 Å². The molecule has 3 aromatic rings. The van der Waals surface area contributed by atoms with Crippen molar-refractivity contribution in [2.24, 2.45) is 0 Å². The fourth-order valence-corrected chi connectivity index (χ4v) is 4.09. The van der Waals surface area contributed by atoms with Crippen molar-refractivity contribution >= 4 is 17.7 Å². The number of nitrogens with zero attached hydrogens (tertiary/aromatic N) is 3. The number of benzene rings is 2. The number of hydrogen-bond donors (Lipinski definition) is 0. The number of methoxy groups -OCH3 is 1. The Labute approximate surface area is 173 Å². The third kappa shape index (κ3) is 4.07. The fraction of sp³-hybridized carbons (Fsp3) is 0.286. The van der Waals surface area contributed by atoms with Crippen LogP contribution in [0.4, 0.5) is 0 Å². The highest BCUT2D eigenvalue weighted by atomic mass is 32.2. The Morgan fingerprint density at radius 1 is 1.10 bits per heavy atom. The highest BCUT2D eigenvalue weighted by Crippen LogP contribution is 2.34. The summed E-state index contributed by atoms with van der Waals surface area (Å²) in [7, 11) is 1.63. The van der Waals surface area contributed by atoms with E-state index in [1.165, 1.54) is 11.8 Å². The van der Waals surface area contributed by atoms with Crippen molar-refractivity contribution in [3.63, 3.8) is 0 Å². The Hall–Kier alpha value is -3.00. The molecule has 2 aromatic carbocycles. The second kappa shape index (κ2) is 8.57. The number of cyclic esters (lactones) is 1. The smallest absolute Gasteiger partial charge is 0.319 e. The summed E-state index contributed by atoms with van der Waals surface area (Å²) >= 11 is 1.38. The standard InChI is InChI=1S/C21H21N3O4S/c1-3-27-17-10-6-15(7-11-17)24-19(14-4-8-16(26-2)9-5-14)22-23-21(24)29-18-12-13-28-20(18)25/h4-11,18H,3,12-13H2,1-2H3/t18-/m0/s1. The van der Waals surface area contributed by atoms with Crippen LogP contribution in [0.3, 0.4) is 0 Å². The predicted molar refractivity (Wildman–Crippen MR) is 110 cm³/mol. The molecule has 150 valence electrons. The molecule has 29 heavy (non-hydrogen) atoms. The Balaban J connectivity index is 1.75. The first kappa shape index (κ1) is 19.3. The maximum Gasteiger partial charge on any atom is 0.319 e. The molecule has 1 aromatic heterocycles. The van der Waals surface area contributed by atoms with Crippen molar-refractivity contribution in [1.29, 1.82) is 0 Å². The van der Waals surface area contributed by atoms with E-state index < -0.39 is 0 Å². The number of esters is 1. The van der Waals surface area contributed by atoms with Crippen molar-refractivity contribution in [3.8, 4) is 28.6 Å². The van der Waals surface area contributed by atoms with Crippen molar-refractivity contribution < 1.29 is 19.0 Å². The van der Waals surface area contributed by atoms with Crippen LogP contribution in [-0.2, 0) is 9.53 Å². The molecule has 1 fully saturated rings. The average Bonchev–Trinajstić information content (AvgIpc) is 3.35. The van der Waals surface area contributed by atoms with Crippen LogP contribution in [0.15, 0.2) is 53.7 Å². The molecule has 0 saturated carbocycles. The fourth-order valence-electron chi connectivity index (χ4n) is 3.08. The van der Waals surface area contributed by atoms with E-state index in [9.17, 15) is 4.79 Å². The molecule has 4 rings (SSSR count). The summed E-state index contributed by atoms with van der Waals surface area (Å²) < 4.78 is 17.8. The summed E-state index contributed by atoms with van der Waals surface area (Å²) in [6, 6.07) is 15.4. The third-order valence-corrected chi connectivity index (χ3v) is 5.71. The minimum Gasteiger partial charge on any atom is -0.497 e. The van der Waals surface area contributed by atoms with Gasteiger partial charge in [0.25, 0.3) is 0 Å². The minimum atomic E-state index is -0.274. The van der Waals surface area contributed by atoms with Gasteiger partial charge in [0.2, 0.25) is 0 Å². The molecule has 1 aliphatic rings. The number of rotatable bonds is 7. The molecule has 0 aliphatic carbocycles. The molecular formula is C21H21N3O4S. The Morgan fingerprint density at radius 3 is 2.45 bits per heavy atom. The molecule has 0 spiro atoms. The lowest BCUT2D eigenvalue weighted by atomic mass is 10.2. The summed E-state index contributed by atoms with van der Waals surface area (Å²) in [5, 5.41) is 9.15. The highest BCUT2D eigenvalue weighted by molar-refractivity contribution is 8.00. The minimum absolute atomic E-state index is 0.206. The molecule has 2 heterocycles. The average molecular weight is 411 g/mol. The quantitative estimate of drug-likeness (QED) is 0.548. The first-order valence-corrected chi connectivity index (χ1v) is 10.2. The number of carbonyl (C=O) groups is 1. The first-order chi connectivity index (χ1) is 14.2. The largest absolute Gasteiger partial charge is 0.497 e. The van der Waals surface area contributed by atoms with Crippen LogP contribution in [0.1, 0.15) is 13.3 Å². The number of ether oxygens (including phenoxy) is 3. The van der Waals surface area contributed by atoms with Crippen molar-refractivity contribution in [1.82, 2.24) is 14.8 Å². The number of aromatic nitrogens is 3. The second-order valence-electron chi connectivity index (χ2n) is 6.36. The summed E-state index contributed by atoms with van der Waals surface area (Å²) in [6.07, 6.45) is 0.664. The van der Waals surface area contributed by atoms with Crippen LogP contribution in [0, 0.1) is 0 Å². The summed E-state index contributed by atoms with van der Waals surface area (Å²) in [6.45, 7) is 3.00. The summed E-state index contributed by atoms with van der Waals surface area (Å²) in [5.74, 6) is 2.04. The molecule has 0 unspecified atom stereocenters. The summed E-state index contributed by atoms with van der Waals surface area (Å²) in [5.41, 5.74) is 1.78. The van der Waals surface area contributed by atoms with Crippen LogP contribution < -0.4 is 9.47 Å². The monoisotopic (exact) mass is 411 g/mol. The zero-order valence-electron chi connectivity index (χ0n) is 16.2. The van der Waals surface area contributed by atoms with Crippen molar-refractivity contribution in [2.45, 2.75) is 23.8 Å². The van der Waals surface area contributed by atoms with Crippen LogP contribution >= 0.6 is 11.8 Å². The van der Waals surface area contributed by atoms with Crippen LogP contribution in [-0.4, -0.2) is 46.3 Å². The molecule has 0 N–H and O–H groups in total. The first-order valence-electron chi connectivity index (χ1n) is 9.36. The lowest BCUT2D eigenvalue weighted by Gasteiger charge is -2.12. The topological polar surface area (TPSA) is 75.5 Å². The van der Waals surface area contributed by atoms with E-state index in [0.29, 0.717) is 30.6 Å². The van der Waals surface area contributed by atoms with Gasteiger partial charge in [0.05, 0.1) is 20.3 Å². The van der Waals surface area contributed by atoms with Crippen LogP contribution in [0.2, 0.25) is 0 Å². The van der Waals surface area contributed by atoms with Gasteiger partial charge in [0.1, 0.15) is 16.7 Å². The van der Waals surface area contributed by atoms with Gasteiger partial charge in [0.15, 0.2) is 11.0 Å². The van der Waals surface area contributed by atoms with Gasteiger partial charge in [0, 0.05) is 17.7 Å². The molecule has 7 nitrogen and oxygen atoms in total.